The average Bonchev–Trinajstić information content (AvgIpc) is 3.11. The lowest BCUT2D eigenvalue weighted by atomic mass is 10.0. The quantitative estimate of drug-likeness (QED) is 0.918. The van der Waals surface area contributed by atoms with Gasteiger partial charge in [-0.2, -0.15) is 0 Å². The molecule has 0 radical (unpaired) electrons. The number of ether oxygens (including phenoxy) is 2. The van der Waals surface area contributed by atoms with Gasteiger partial charge in [0.05, 0.1) is 12.6 Å². The van der Waals surface area contributed by atoms with Crippen molar-refractivity contribution in [2.24, 2.45) is 0 Å². The van der Waals surface area contributed by atoms with Gasteiger partial charge < -0.3 is 19.2 Å². The van der Waals surface area contributed by atoms with Crippen LogP contribution in [0.2, 0.25) is 0 Å². The highest BCUT2D eigenvalue weighted by molar-refractivity contribution is 5.82. The van der Waals surface area contributed by atoms with Crippen LogP contribution >= 0.6 is 0 Å². The van der Waals surface area contributed by atoms with Crippen molar-refractivity contribution in [1.82, 2.24) is 5.32 Å². The Morgan fingerprint density at radius 1 is 1.38 bits per heavy atom. The van der Waals surface area contributed by atoms with E-state index in [1.807, 2.05) is 18.2 Å². The van der Waals surface area contributed by atoms with Crippen molar-refractivity contribution in [3.05, 3.63) is 35.6 Å². The molecule has 4 heteroatoms. The van der Waals surface area contributed by atoms with Crippen molar-refractivity contribution in [1.29, 1.82) is 0 Å². The zero-order valence-corrected chi connectivity index (χ0v) is 12.9. The molecular formula is C17H23NO3. The van der Waals surface area contributed by atoms with Gasteiger partial charge >= 0.3 is 0 Å². The lowest BCUT2D eigenvalue weighted by molar-refractivity contribution is -0.0175. The summed E-state index contributed by atoms with van der Waals surface area (Å²) in [5, 5.41) is 4.72. The third kappa shape index (κ3) is 2.71. The fourth-order valence-electron chi connectivity index (χ4n) is 3.00. The van der Waals surface area contributed by atoms with Gasteiger partial charge in [0.1, 0.15) is 16.9 Å². The van der Waals surface area contributed by atoms with Crippen LogP contribution in [0, 0.1) is 6.92 Å². The highest BCUT2D eigenvalue weighted by Crippen LogP contribution is 2.30. The first-order valence-electron chi connectivity index (χ1n) is 7.49. The highest BCUT2D eigenvalue weighted by Gasteiger charge is 2.35. The average molecular weight is 289 g/mol. The van der Waals surface area contributed by atoms with Gasteiger partial charge in [0.2, 0.25) is 0 Å². The van der Waals surface area contributed by atoms with E-state index in [4.69, 9.17) is 13.9 Å². The van der Waals surface area contributed by atoms with Crippen LogP contribution in [0.5, 0.6) is 0 Å². The number of fused-ring (bicyclic) bond motifs is 1. The van der Waals surface area contributed by atoms with Crippen LogP contribution in [0.15, 0.2) is 28.7 Å². The molecular weight excluding hydrogens is 266 g/mol. The third-order valence-electron chi connectivity index (χ3n) is 4.50. The molecule has 2 atom stereocenters. The third-order valence-corrected chi connectivity index (χ3v) is 4.50. The van der Waals surface area contributed by atoms with Gasteiger partial charge in [-0.1, -0.05) is 18.2 Å². The molecule has 3 rings (SSSR count). The minimum atomic E-state index is -0.200. The van der Waals surface area contributed by atoms with Gasteiger partial charge in [-0.25, -0.2) is 0 Å². The molecule has 0 spiro atoms. The molecule has 0 amide bonds. The molecule has 1 aromatic carbocycles. The van der Waals surface area contributed by atoms with Crippen molar-refractivity contribution in [3.63, 3.8) is 0 Å². The SMILES string of the molecule is COC1(CNC(C)c2oc3ccccc3c2C)CCOC1. The summed E-state index contributed by atoms with van der Waals surface area (Å²) in [5.41, 5.74) is 1.96. The molecule has 1 aliphatic heterocycles. The van der Waals surface area contributed by atoms with E-state index in [-0.39, 0.29) is 11.6 Å². The topological polar surface area (TPSA) is 43.6 Å². The van der Waals surface area contributed by atoms with Crippen molar-refractivity contribution < 1.29 is 13.9 Å². The minimum Gasteiger partial charge on any atom is -0.459 e. The van der Waals surface area contributed by atoms with Crippen LogP contribution < -0.4 is 5.32 Å². The molecule has 4 nitrogen and oxygen atoms in total. The second-order valence-electron chi connectivity index (χ2n) is 5.88. The molecule has 0 saturated carbocycles. The molecule has 1 fully saturated rings. The molecule has 2 aromatic rings. The van der Waals surface area contributed by atoms with Crippen molar-refractivity contribution in [3.8, 4) is 0 Å². The predicted octanol–water partition coefficient (Wildman–Crippen LogP) is 3.20. The molecule has 2 unspecified atom stereocenters. The smallest absolute Gasteiger partial charge is 0.134 e. The minimum absolute atomic E-state index is 0.144. The van der Waals surface area contributed by atoms with Gasteiger partial charge in [-0.15, -0.1) is 0 Å². The van der Waals surface area contributed by atoms with E-state index in [1.165, 1.54) is 10.9 Å². The number of hydrogen-bond donors (Lipinski definition) is 1. The Balaban J connectivity index is 1.75. The monoisotopic (exact) mass is 289 g/mol. The number of aryl methyl sites for hydroxylation is 1. The van der Waals surface area contributed by atoms with Gasteiger partial charge in [-0.3, -0.25) is 0 Å². The Hall–Kier alpha value is -1.36. The zero-order valence-electron chi connectivity index (χ0n) is 12.9. The molecule has 2 heterocycles. The van der Waals surface area contributed by atoms with Gasteiger partial charge in [0.15, 0.2) is 0 Å². The summed E-state index contributed by atoms with van der Waals surface area (Å²) >= 11 is 0. The van der Waals surface area contributed by atoms with E-state index in [9.17, 15) is 0 Å². The number of hydrogen-bond acceptors (Lipinski definition) is 4. The summed E-state index contributed by atoms with van der Waals surface area (Å²) in [6.45, 7) is 6.44. The Morgan fingerprint density at radius 3 is 2.86 bits per heavy atom. The van der Waals surface area contributed by atoms with E-state index in [1.54, 1.807) is 7.11 Å². The van der Waals surface area contributed by atoms with Crippen molar-refractivity contribution >= 4 is 11.0 Å². The summed E-state index contributed by atoms with van der Waals surface area (Å²) in [6, 6.07) is 8.31. The molecule has 1 aliphatic rings. The fraction of sp³-hybridized carbons (Fsp3) is 0.529. The molecule has 21 heavy (non-hydrogen) atoms. The van der Waals surface area contributed by atoms with E-state index in [0.717, 1.165) is 30.9 Å². The summed E-state index contributed by atoms with van der Waals surface area (Å²) in [6.07, 6.45) is 0.933. The Labute approximate surface area is 125 Å². The molecule has 114 valence electrons. The van der Waals surface area contributed by atoms with Crippen molar-refractivity contribution in [2.45, 2.75) is 31.9 Å². The Kier molecular flexibility index (Phi) is 4.02. The number of rotatable bonds is 5. The maximum absolute atomic E-state index is 6.01. The fourth-order valence-corrected chi connectivity index (χ4v) is 3.00. The molecule has 1 aromatic heterocycles. The van der Waals surface area contributed by atoms with Crippen LogP contribution in [-0.4, -0.2) is 32.5 Å². The number of nitrogens with one attached hydrogen (secondary N) is 1. The van der Waals surface area contributed by atoms with Crippen LogP contribution in [0.4, 0.5) is 0 Å². The molecule has 1 N–H and O–H groups in total. The molecule has 1 saturated heterocycles. The maximum Gasteiger partial charge on any atom is 0.134 e. The predicted molar refractivity (Wildman–Crippen MR) is 82.5 cm³/mol. The zero-order chi connectivity index (χ0) is 14.9. The van der Waals surface area contributed by atoms with Crippen LogP contribution in [0.25, 0.3) is 11.0 Å². The lowest BCUT2D eigenvalue weighted by Crippen LogP contribution is -2.43. The number of para-hydroxylation sites is 1. The van der Waals surface area contributed by atoms with Gasteiger partial charge in [0, 0.05) is 32.1 Å². The van der Waals surface area contributed by atoms with Crippen molar-refractivity contribution in [2.75, 3.05) is 26.9 Å². The standard InChI is InChI=1S/C17H23NO3/c1-12-14-6-4-5-7-15(14)21-16(12)13(2)18-10-17(19-3)8-9-20-11-17/h4-7,13,18H,8-11H2,1-3H3. The summed E-state index contributed by atoms with van der Waals surface area (Å²) in [7, 11) is 1.76. The second-order valence-corrected chi connectivity index (χ2v) is 5.88. The summed E-state index contributed by atoms with van der Waals surface area (Å²) in [5.74, 6) is 1.00. The molecule has 0 bridgehead atoms. The van der Waals surface area contributed by atoms with E-state index >= 15 is 0 Å². The first-order chi connectivity index (χ1) is 10.2. The van der Waals surface area contributed by atoms with Crippen LogP contribution in [-0.2, 0) is 9.47 Å². The normalized spacial score (nSPS) is 23.8. The number of methoxy groups -OCH3 is 1. The lowest BCUT2D eigenvalue weighted by Gasteiger charge is -2.27. The maximum atomic E-state index is 6.01. The van der Waals surface area contributed by atoms with E-state index in [2.05, 4.69) is 25.2 Å². The largest absolute Gasteiger partial charge is 0.459 e. The highest BCUT2D eigenvalue weighted by atomic mass is 16.5. The van der Waals surface area contributed by atoms with Gasteiger partial charge in [-0.05, 0) is 25.5 Å². The first kappa shape index (κ1) is 14.6. The Morgan fingerprint density at radius 2 is 2.19 bits per heavy atom. The van der Waals surface area contributed by atoms with E-state index in [0.29, 0.717) is 6.61 Å². The Bertz CT molecular complexity index is 614. The summed E-state index contributed by atoms with van der Waals surface area (Å²) in [4.78, 5) is 0. The number of furan rings is 1. The second kappa shape index (κ2) is 5.79. The van der Waals surface area contributed by atoms with E-state index < -0.39 is 0 Å². The van der Waals surface area contributed by atoms with Crippen LogP contribution in [0.1, 0.15) is 30.7 Å². The summed E-state index contributed by atoms with van der Waals surface area (Å²) < 4.78 is 17.1. The van der Waals surface area contributed by atoms with Gasteiger partial charge in [0.25, 0.3) is 0 Å². The first-order valence-corrected chi connectivity index (χ1v) is 7.49. The van der Waals surface area contributed by atoms with Crippen LogP contribution in [0.3, 0.4) is 0 Å². The number of benzene rings is 1. The molecule has 0 aliphatic carbocycles.